The molecule has 3 rings (SSSR count). The maximum absolute atomic E-state index is 13.1. The lowest BCUT2D eigenvalue weighted by Gasteiger charge is -2.32. The highest BCUT2D eigenvalue weighted by Crippen LogP contribution is 2.33. The molecule has 0 spiro atoms. The minimum atomic E-state index is -4.46. The average Bonchev–Trinajstić information content (AvgIpc) is 2.90. The molecule has 0 fully saturated rings. The van der Waals surface area contributed by atoms with Gasteiger partial charge in [-0.25, -0.2) is 5.01 Å². The number of halogens is 4. The van der Waals surface area contributed by atoms with Crippen molar-refractivity contribution in [2.45, 2.75) is 38.1 Å². The fourth-order valence-corrected chi connectivity index (χ4v) is 3.12. The van der Waals surface area contributed by atoms with Crippen LogP contribution in [-0.4, -0.2) is 27.3 Å². The van der Waals surface area contributed by atoms with Crippen LogP contribution in [-0.2, 0) is 6.18 Å². The van der Waals surface area contributed by atoms with Crippen LogP contribution in [0.1, 0.15) is 25.0 Å². The Morgan fingerprint density at radius 1 is 1.07 bits per heavy atom. The number of para-hydroxylation sites is 1. The van der Waals surface area contributed by atoms with Crippen LogP contribution < -0.4 is 9.57 Å². The second-order valence-electron chi connectivity index (χ2n) is 6.50. The summed E-state index contributed by atoms with van der Waals surface area (Å²) in [4.78, 5) is 10.2. The number of ether oxygens (including phenoxy) is 1. The van der Waals surface area contributed by atoms with Gasteiger partial charge in [0.2, 0.25) is 5.08 Å². The Hall–Kier alpha value is -2.26. The lowest BCUT2D eigenvalue weighted by atomic mass is 10.1. The van der Waals surface area contributed by atoms with Crippen molar-refractivity contribution in [2.75, 3.05) is 0 Å². The van der Waals surface area contributed by atoms with Crippen molar-refractivity contribution < 1.29 is 22.7 Å². The van der Waals surface area contributed by atoms with Gasteiger partial charge in [0.1, 0.15) is 11.5 Å². The Kier molecular flexibility index (Phi) is 5.85. The van der Waals surface area contributed by atoms with Crippen molar-refractivity contribution >= 4 is 22.0 Å². The molecule has 28 heavy (non-hydrogen) atoms. The van der Waals surface area contributed by atoms with Gasteiger partial charge in [-0.15, -0.1) is 0 Å². The summed E-state index contributed by atoms with van der Waals surface area (Å²) in [6.07, 6.45) is -4.46. The van der Waals surface area contributed by atoms with Crippen molar-refractivity contribution in [2.24, 2.45) is 4.99 Å². The highest BCUT2D eigenvalue weighted by Gasteiger charge is 2.39. The van der Waals surface area contributed by atoms with E-state index in [0.29, 0.717) is 11.3 Å². The first-order valence-electron chi connectivity index (χ1n) is 8.55. The lowest BCUT2D eigenvalue weighted by molar-refractivity contribution is -0.193. The van der Waals surface area contributed by atoms with Crippen LogP contribution in [0.5, 0.6) is 11.5 Å². The number of alkyl halides is 4. The monoisotopic (exact) mass is 457 g/mol. The molecule has 0 aromatic heterocycles. The topological polar surface area (TPSA) is 37.3 Å². The minimum Gasteiger partial charge on any atom is -0.425 e. The van der Waals surface area contributed by atoms with Crippen LogP contribution in [0.3, 0.4) is 0 Å². The molecule has 0 amide bonds. The molecule has 5 nitrogen and oxygen atoms in total. The van der Waals surface area contributed by atoms with Crippen LogP contribution in [0.25, 0.3) is 0 Å². The Labute approximate surface area is 169 Å². The van der Waals surface area contributed by atoms with E-state index < -0.39 is 16.8 Å². The largest absolute Gasteiger partial charge is 0.425 e. The molecule has 2 aromatic rings. The van der Waals surface area contributed by atoms with Gasteiger partial charge in [-0.3, -0.25) is 0 Å². The average molecular weight is 458 g/mol. The van der Waals surface area contributed by atoms with Crippen molar-refractivity contribution in [1.82, 2.24) is 10.2 Å². The molecular formula is C19H19BrF3N3O2. The van der Waals surface area contributed by atoms with Gasteiger partial charge in [0, 0.05) is 6.04 Å². The molecule has 1 aliphatic rings. The quantitative estimate of drug-likeness (QED) is 0.457. The minimum absolute atomic E-state index is 0.0537. The Bertz CT molecular complexity index is 859. The van der Waals surface area contributed by atoms with Gasteiger partial charge in [-0.1, -0.05) is 18.2 Å². The molecule has 1 heterocycles. The molecule has 0 saturated heterocycles. The van der Waals surface area contributed by atoms with Crippen LogP contribution in [0.2, 0.25) is 0 Å². The summed E-state index contributed by atoms with van der Waals surface area (Å²) in [6.45, 7) is 5.36. The predicted octanol–water partition coefficient (Wildman–Crippen LogP) is 5.36. The fraction of sp³-hybridized carbons (Fsp3) is 0.316. The summed E-state index contributed by atoms with van der Waals surface area (Å²) in [5.41, 5.74) is -0.336. The molecule has 1 unspecified atom stereocenters. The molecule has 2 aromatic carbocycles. The van der Waals surface area contributed by atoms with E-state index in [9.17, 15) is 13.2 Å². The Balaban J connectivity index is 1.85. The molecule has 0 aliphatic carbocycles. The molecule has 0 radical (unpaired) electrons. The zero-order chi connectivity index (χ0) is 20.5. The standard InChI is InChI=1S/C19H19BrF3N3O2/c1-12(2)25-18(24-17(20)26(25)28-15-7-5-4-6-8-15)27-16-10-13(3)9-14(11-16)19(21,22)23/h4-12,17H,1-3H3. The van der Waals surface area contributed by atoms with Gasteiger partial charge in [0.15, 0.2) is 0 Å². The second-order valence-corrected chi connectivity index (χ2v) is 7.32. The fourth-order valence-electron chi connectivity index (χ4n) is 2.66. The number of aliphatic imine (C=N–C) groups is 1. The zero-order valence-corrected chi connectivity index (χ0v) is 17.0. The third-order valence-electron chi connectivity index (χ3n) is 3.83. The van der Waals surface area contributed by atoms with Crippen molar-refractivity contribution in [3.05, 3.63) is 59.7 Å². The highest BCUT2D eigenvalue weighted by atomic mass is 79.9. The number of hydrogen-bond acceptors (Lipinski definition) is 5. The van der Waals surface area contributed by atoms with E-state index in [4.69, 9.17) is 9.57 Å². The number of hydrogen-bond donors (Lipinski definition) is 0. The predicted molar refractivity (Wildman–Crippen MR) is 103 cm³/mol. The van der Waals surface area contributed by atoms with E-state index in [0.717, 1.165) is 12.1 Å². The van der Waals surface area contributed by atoms with E-state index >= 15 is 0 Å². The number of rotatable bonds is 4. The zero-order valence-electron chi connectivity index (χ0n) is 15.4. The first kappa shape index (κ1) is 20.5. The van der Waals surface area contributed by atoms with Crippen LogP contribution in [0.15, 0.2) is 53.5 Å². The number of benzene rings is 2. The molecule has 0 bridgehead atoms. The number of hydrazine groups is 1. The molecule has 1 aliphatic heterocycles. The second kappa shape index (κ2) is 8.00. The van der Waals surface area contributed by atoms with E-state index in [1.54, 1.807) is 24.1 Å². The maximum Gasteiger partial charge on any atom is 0.416 e. The van der Waals surface area contributed by atoms with Gasteiger partial charge in [-0.05, 0) is 77.8 Å². The first-order chi connectivity index (χ1) is 13.1. The summed E-state index contributed by atoms with van der Waals surface area (Å²) in [6, 6.07) is 12.7. The van der Waals surface area contributed by atoms with Crippen LogP contribution in [0, 0.1) is 6.92 Å². The summed E-state index contributed by atoms with van der Waals surface area (Å²) in [7, 11) is 0. The molecule has 0 saturated carbocycles. The lowest BCUT2D eigenvalue weighted by Crippen LogP contribution is -2.50. The molecule has 9 heteroatoms. The molecule has 1 atom stereocenters. The normalized spacial score (nSPS) is 17.8. The number of nitrogens with zero attached hydrogens (tertiary/aromatic N) is 3. The third-order valence-corrected chi connectivity index (χ3v) is 4.38. The molecular weight excluding hydrogens is 439 g/mol. The summed E-state index contributed by atoms with van der Waals surface area (Å²) < 4.78 is 45.0. The van der Waals surface area contributed by atoms with Crippen molar-refractivity contribution in [3.63, 3.8) is 0 Å². The van der Waals surface area contributed by atoms with Gasteiger partial charge in [0.05, 0.1) is 5.56 Å². The van der Waals surface area contributed by atoms with Gasteiger partial charge in [0.25, 0.3) is 0 Å². The van der Waals surface area contributed by atoms with Gasteiger partial charge < -0.3 is 9.57 Å². The maximum atomic E-state index is 13.1. The van der Waals surface area contributed by atoms with Gasteiger partial charge >= 0.3 is 12.2 Å². The highest BCUT2D eigenvalue weighted by molar-refractivity contribution is 9.09. The van der Waals surface area contributed by atoms with Crippen molar-refractivity contribution in [3.8, 4) is 11.5 Å². The number of amidine groups is 1. The smallest absolute Gasteiger partial charge is 0.416 e. The third kappa shape index (κ3) is 4.59. The van der Waals surface area contributed by atoms with Crippen LogP contribution in [0.4, 0.5) is 13.2 Å². The van der Waals surface area contributed by atoms with E-state index in [1.165, 1.54) is 11.2 Å². The SMILES string of the molecule is Cc1cc(OC2=NC(Br)N(Oc3ccccc3)N2C(C)C)cc(C(F)(F)F)c1. The van der Waals surface area contributed by atoms with E-state index in [2.05, 4.69) is 20.9 Å². The van der Waals surface area contributed by atoms with Crippen LogP contribution >= 0.6 is 15.9 Å². The Morgan fingerprint density at radius 3 is 2.36 bits per heavy atom. The summed E-state index contributed by atoms with van der Waals surface area (Å²) in [5, 5.41) is 2.50. The number of aryl methyl sites for hydroxylation is 1. The summed E-state index contributed by atoms with van der Waals surface area (Å²) >= 11 is 3.40. The van der Waals surface area contributed by atoms with E-state index in [-0.39, 0.29) is 17.8 Å². The van der Waals surface area contributed by atoms with E-state index in [1.807, 2.05) is 32.0 Å². The summed E-state index contributed by atoms with van der Waals surface area (Å²) in [5.74, 6) is 0.641. The Morgan fingerprint density at radius 2 is 1.75 bits per heavy atom. The molecule has 0 N–H and O–H groups in total. The van der Waals surface area contributed by atoms with Gasteiger partial charge in [-0.2, -0.15) is 18.2 Å². The first-order valence-corrected chi connectivity index (χ1v) is 9.47. The molecule has 150 valence electrons. The van der Waals surface area contributed by atoms with Crippen molar-refractivity contribution in [1.29, 1.82) is 0 Å². The number of hydroxylamine groups is 1.